The number of likely N-dealkylation sites (N-methyl/N-ethyl adjacent to an activating group) is 1. The van der Waals surface area contributed by atoms with Gasteiger partial charge in [-0.15, -0.1) is 0 Å². The molecule has 2 N–H and O–H groups in total. The SMILES string of the molecule is CNC(=O)CN1CCCC(C)(C)C1C(=O)O. The first-order chi connectivity index (χ1) is 7.38. The predicted octanol–water partition coefficient (Wildman–Crippen LogP) is 0.308. The number of carboxylic acids is 1. The lowest BCUT2D eigenvalue weighted by atomic mass is 9.76. The number of nitrogens with zero attached hydrogens (tertiary/aromatic N) is 1. The van der Waals surface area contributed by atoms with Gasteiger partial charge in [-0.1, -0.05) is 13.8 Å². The van der Waals surface area contributed by atoms with Crippen LogP contribution in [0.15, 0.2) is 0 Å². The van der Waals surface area contributed by atoms with Crippen LogP contribution in [0.1, 0.15) is 26.7 Å². The highest BCUT2D eigenvalue weighted by atomic mass is 16.4. The van der Waals surface area contributed by atoms with Gasteiger partial charge in [-0.25, -0.2) is 0 Å². The van der Waals surface area contributed by atoms with Crippen molar-refractivity contribution in [2.24, 2.45) is 5.41 Å². The van der Waals surface area contributed by atoms with Gasteiger partial charge in [0.15, 0.2) is 0 Å². The minimum absolute atomic E-state index is 0.135. The van der Waals surface area contributed by atoms with Crippen molar-refractivity contribution in [1.82, 2.24) is 10.2 Å². The van der Waals surface area contributed by atoms with Crippen molar-refractivity contribution < 1.29 is 14.7 Å². The molecule has 1 heterocycles. The smallest absolute Gasteiger partial charge is 0.321 e. The Morgan fingerprint density at radius 1 is 1.50 bits per heavy atom. The van der Waals surface area contributed by atoms with E-state index in [1.54, 1.807) is 11.9 Å². The highest BCUT2D eigenvalue weighted by Crippen LogP contribution is 2.34. The normalized spacial score (nSPS) is 25.1. The van der Waals surface area contributed by atoms with Crippen molar-refractivity contribution >= 4 is 11.9 Å². The molecule has 16 heavy (non-hydrogen) atoms. The van der Waals surface area contributed by atoms with Crippen LogP contribution in [0.4, 0.5) is 0 Å². The first kappa shape index (κ1) is 13.0. The van der Waals surface area contributed by atoms with Crippen LogP contribution in [0.25, 0.3) is 0 Å². The van der Waals surface area contributed by atoms with Crippen LogP contribution in [0.2, 0.25) is 0 Å². The van der Waals surface area contributed by atoms with Gasteiger partial charge in [0.2, 0.25) is 5.91 Å². The molecule has 0 radical (unpaired) electrons. The Morgan fingerprint density at radius 3 is 2.62 bits per heavy atom. The average molecular weight is 228 g/mol. The maximum Gasteiger partial charge on any atom is 0.321 e. The predicted molar refractivity (Wildman–Crippen MR) is 60.1 cm³/mol. The van der Waals surface area contributed by atoms with E-state index in [9.17, 15) is 14.7 Å². The molecular formula is C11H20N2O3. The summed E-state index contributed by atoms with van der Waals surface area (Å²) in [6, 6.07) is -0.571. The van der Waals surface area contributed by atoms with E-state index in [4.69, 9.17) is 0 Å². The van der Waals surface area contributed by atoms with Crippen molar-refractivity contribution in [2.45, 2.75) is 32.7 Å². The largest absolute Gasteiger partial charge is 0.480 e. The summed E-state index contributed by atoms with van der Waals surface area (Å²) < 4.78 is 0. The van der Waals surface area contributed by atoms with Gasteiger partial charge in [0.1, 0.15) is 6.04 Å². The number of rotatable bonds is 3. The molecule has 0 saturated carbocycles. The second-order valence-corrected chi connectivity index (χ2v) is 4.98. The van der Waals surface area contributed by atoms with Crippen molar-refractivity contribution in [3.8, 4) is 0 Å². The van der Waals surface area contributed by atoms with E-state index in [1.807, 2.05) is 13.8 Å². The minimum atomic E-state index is -0.839. The van der Waals surface area contributed by atoms with E-state index in [0.717, 1.165) is 12.8 Å². The van der Waals surface area contributed by atoms with Gasteiger partial charge in [-0.2, -0.15) is 0 Å². The molecule has 1 saturated heterocycles. The van der Waals surface area contributed by atoms with Gasteiger partial charge < -0.3 is 10.4 Å². The van der Waals surface area contributed by atoms with E-state index in [-0.39, 0.29) is 17.9 Å². The molecule has 0 aromatic rings. The molecule has 0 aromatic carbocycles. The van der Waals surface area contributed by atoms with E-state index in [0.29, 0.717) is 6.54 Å². The second kappa shape index (κ2) is 4.82. The molecule has 1 unspecified atom stereocenters. The summed E-state index contributed by atoms with van der Waals surface area (Å²) in [5.74, 6) is -0.974. The minimum Gasteiger partial charge on any atom is -0.480 e. The number of likely N-dealkylation sites (tertiary alicyclic amines) is 1. The lowest BCUT2D eigenvalue weighted by molar-refractivity contribution is -0.151. The number of aliphatic carboxylic acids is 1. The molecule has 1 fully saturated rings. The van der Waals surface area contributed by atoms with Gasteiger partial charge in [-0.3, -0.25) is 14.5 Å². The Hall–Kier alpha value is -1.10. The topological polar surface area (TPSA) is 69.6 Å². The number of carboxylic acid groups (broad SMARTS) is 1. The third-order valence-electron chi connectivity index (χ3n) is 3.23. The maximum absolute atomic E-state index is 11.3. The lowest BCUT2D eigenvalue weighted by Crippen LogP contribution is -2.56. The Morgan fingerprint density at radius 2 is 2.12 bits per heavy atom. The summed E-state index contributed by atoms with van der Waals surface area (Å²) in [7, 11) is 1.56. The van der Waals surface area contributed by atoms with E-state index < -0.39 is 12.0 Å². The van der Waals surface area contributed by atoms with Gasteiger partial charge in [-0.05, 0) is 24.8 Å². The molecule has 1 atom stereocenters. The first-order valence-electron chi connectivity index (χ1n) is 5.56. The summed E-state index contributed by atoms with van der Waals surface area (Å²) >= 11 is 0. The molecule has 1 amide bonds. The molecule has 1 aliphatic heterocycles. The fourth-order valence-electron chi connectivity index (χ4n) is 2.42. The number of carbonyl (C=O) groups is 2. The Balaban J connectivity index is 2.81. The molecule has 0 aliphatic carbocycles. The van der Waals surface area contributed by atoms with Crippen molar-refractivity contribution in [1.29, 1.82) is 0 Å². The van der Waals surface area contributed by atoms with Crippen LogP contribution in [0, 0.1) is 5.41 Å². The van der Waals surface area contributed by atoms with Crippen LogP contribution < -0.4 is 5.32 Å². The van der Waals surface area contributed by atoms with Crippen LogP contribution in [-0.4, -0.2) is 48.1 Å². The van der Waals surface area contributed by atoms with Crippen LogP contribution in [-0.2, 0) is 9.59 Å². The molecule has 5 heteroatoms. The average Bonchev–Trinajstić information content (AvgIpc) is 2.15. The zero-order valence-corrected chi connectivity index (χ0v) is 10.1. The number of hydrogen-bond acceptors (Lipinski definition) is 3. The van der Waals surface area contributed by atoms with Gasteiger partial charge in [0.05, 0.1) is 6.54 Å². The van der Waals surface area contributed by atoms with Crippen molar-refractivity contribution in [2.75, 3.05) is 20.1 Å². The van der Waals surface area contributed by atoms with E-state index in [2.05, 4.69) is 5.32 Å². The quantitative estimate of drug-likeness (QED) is 0.729. The molecule has 1 aliphatic rings. The monoisotopic (exact) mass is 228 g/mol. The fourth-order valence-corrected chi connectivity index (χ4v) is 2.42. The molecule has 0 spiro atoms. The van der Waals surface area contributed by atoms with E-state index >= 15 is 0 Å². The summed E-state index contributed by atoms with van der Waals surface area (Å²) in [4.78, 5) is 24.3. The highest BCUT2D eigenvalue weighted by molar-refractivity contribution is 5.80. The number of piperidine rings is 1. The van der Waals surface area contributed by atoms with Crippen LogP contribution in [0.5, 0.6) is 0 Å². The van der Waals surface area contributed by atoms with Gasteiger partial charge >= 0.3 is 5.97 Å². The van der Waals surface area contributed by atoms with E-state index in [1.165, 1.54) is 0 Å². The third-order valence-corrected chi connectivity index (χ3v) is 3.23. The Bertz CT molecular complexity index is 289. The second-order valence-electron chi connectivity index (χ2n) is 4.98. The van der Waals surface area contributed by atoms with Gasteiger partial charge in [0, 0.05) is 7.05 Å². The molecule has 0 bridgehead atoms. The zero-order chi connectivity index (χ0) is 12.3. The standard InChI is InChI=1S/C11H20N2O3/c1-11(2)5-4-6-13(7-8(14)12-3)9(11)10(15)16/h9H,4-7H2,1-3H3,(H,12,14)(H,15,16). The molecule has 5 nitrogen and oxygen atoms in total. The molecular weight excluding hydrogens is 208 g/mol. The number of nitrogens with one attached hydrogen (secondary N) is 1. The summed E-state index contributed by atoms with van der Waals surface area (Å²) in [5, 5.41) is 11.8. The molecule has 0 aromatic heterocycles. The molecule has 92 valence electrons. The van der Waals surface area contributed by atoms with Crippen LogP contribution in [0.3, 0.4) is 0 Å². The van der Waals surface area contributed by atoms with Crippen molar-refractivity contribution in [3.63, 3.8) is 0 Å². The summed E-state index contributed by atoms with van der Waals surface area (Å²) in [6.07, 6.45) is 1.82. The maximum atomic E-state index is 11.3. The number of hydrogen-bond donors (Lipinski definition) is 2. The zero-order valence-electron chi connectivity index (χ0n) is 10.1. The fraction of sp³-hybridized carbons (Fsp3) is 0.818. The third kappa shape index (κ3) is 2.72. The van der Waals surface area contributed by atoms with Crippen LogP contribution >= 0.6 is 0 Å². The van der Waals surface area contributed by atoms with Crippen molar-refractivity contribution in [3.05, 3.63) is 0 Å². The number of amides is 1. The molecule has 1 rings (SSSR count). The Kier molecular flexibility index (Phi) is 3.91. The first-order valence-corrected chi connectivity index (χ1v) is 5.56. The van der Waals surface area contributed by atoms with Gasteiger partial charge in [0.25, 0.3) is 0 Å². The highest BCUT2D eigenvalue weighted by Gasteiger charge is 2.42. The number of carbonyl (C=O) groups excluding carboxylic acids is 1. The summed E-state index contributed by atoms with van der Waals surface area (Å²) in [6.45, 7) is 4.73. The lowest BCUT2D eigenvalue weighted by Gasteiger charge is -2.43. The Labute approximate surface area is 95.8 Å². The summed E-state index contributed by atoms with van der Waals surface area (Å²) in [5.41, 5.74) is -0.280.